The predicted molar refractivity (Wildman–Crippen MR) is 94.1 cm³/mol. The van der Waals surface area contributed by atoms with Crippen LogP contribution in [0.5, 0.6) is 0 Å². The molecule has 0 aliphatic carbocycles. The molecular weight excluding hydrogens is 323 g/mol. The van der Waals surface area contributed by atoms with E-state index in [1.54, 1.807) is 12.1 Å². The van der Waals surface area contributed by atoms with Gasteiger partial charge in [-0.25, -0.2) is 4.39 Å². The number of hydrogen-bond acceptors (Lipinski definition) is 2. The fourth-order valence-electron chi connectivity index (χ4n) is 2.96. The van der Waals surface area contributed by atoms with Crippen LogP contribution in [-0.2, 0) is 9.59 Å². The van der Waals surface area contributed by atoms with E-state index in [4.69, 9.17) is 0 Å². The molecule has 1 atom stereocenters. The Balaban J connectivity index is 1.69. The summed E-state index contributed by atoms with van der Waals surface area (Å²) in [5.41, 5.74) is 0.482. The minimum Gasteiger partial charge on any atom is -0.349 e. The average molecular weight is 352 g/mol. The third-order valence-corrected chi connectivity index (χ3v) is 4.61. The maximum Gasteiger partial charge on any atom is 0.279 e. The van der Waals surface area contributed by atoms with Crippen LogP contribution in [0.4, 0.5) is 10.1 Å². The molecule has 0 radical (unpaired) electrons. The highest BCUT2D eigenvalue weighted by atomic mass is 19.1. The van der Waals surface area contributed by atoms with Crippen molar-refractivity contribution in [2.24, 2.45) is 0 Å². The SMILES string of the molecule is CC[C@H](C)NC(=O)C[NH+]1CC[NH+](CC(=O)Nc2cccc(F)c2)CC1. The molecule has 25 heavy (non-hydrogen) atoms. The van der Waals surface area contributed by atoms with E-state index in [2.05, 4.69) is 17.6 Å². The topological polar surface area (TPSA) is 67.1 Å². The lowest BCUT2D eigenvalue weighted by atomic mass is 10.2. The second kappa shape index (κ2) is 9.48. The number of piperazine rings is 1. The highest BCUT2D eigenvalue weighted by Gasteiger charge is 2.26. The summed E-state index contributed by atoms with van der Waals surface area (Å²) in [5, 5.41) is 5.72. The molecule has 6 nitrogen and oxygen atoms in total. The first kappa shape index (κ1) is 19.3. The number of benzene rings is 1. The second-order valence-corrected chi connectivity index (χ2v) is 6.79. The summed E-state index contributed by atoms with van der Waals surface area (Å²) in [4.78, 5) is 26.5. The van der Waals surface area contributed by atoms with E-state index in [-0.39, 0.29) is 23.7 Å². The van der Waals surface area contributed by atoms with Gasteiger partial charge in [0.05, 0.1) is 0 Å². The first-order chi connectivity index (χ1) is 12.0. The normalized spacial score (nSPS) is 21.4. The van der Waals surface area contributed by atoms with Gasteiger partial charge in [0, 0.05) is 11.7 Å². The number of quaternary nitrogens is 2. The van der Waals surface area contributed by atoms with Crippen molar-refractivity contribution in [1.29, 1.82) is 0 Å². The lowest BCUT2D eigenvalue weighted by Crippen LogP contribution is -3.28. The van der Waals surface area contributed by atoms with Crippen LogP contribution in [0.15, 0.2) is 24.3 Å². The fourth-order valence-corrected chi connectivity index (χ4v) is 2.96. The van der Waals surface area contributed by atoms with Crippen molar-refractivity contribution in [2.75, 3.05) is 44.6 Å². The van der Waals surface area contributed by atoms with Crippen LogP contribution >= 0.6 is 0 Å². The molecule has 7 heteroatoms. The molecule has 0 bridgehead atoms. The molecule has 1 saturated heterocycles. The van der Waals surface area contributed by atoms with Gasteiger partial charge < -0.3 is 20.4 Å². The standard InChI is InChI=1S/C18H27FN4O2/c1-3-14(2)20-17(24)12-22-7-9-23(10-8-22)13-18(25)21-16-6-4-5-15(19)11-16/h4-6,11,14H,3,7-10,12-13H2,1-2H3,(H,20,24)(H,21,25)/p+2/t14-/m0/s1. The molecule has 1 fully saturated rings. The Labute approximate surface area is 148 Å². The van der Waals surface area contributed by atoms with Crippen molar-refractivity contribution in [3.05, 3.63) is 30.1 Å². The largest absolute Gasteiger partial charge is 0.349 e. The van der Waals surface area contributed by atoms with Crippen molar-refractivity contribution in [1.82, 2.24) is 5.32 Å². The molecule has 0 spiro atoms. The number of halogens is 1. The van der Waals surface area contributed by atoms with Gasteiger partial charge in [0.2, 0.25) is 0 Å². The quantitative estimate of drug-likeness (QED) is 0.481. The zero-order chi connectivity index (χ0) is 18.2. The van der Waals surface area contributed by atoms with Crippen LogP contribution in [-0.4, -0.2) is 57.1 Å². The van der Waals surface area contributed by atoms with E-state index >= 15 is 0 Å². The summed E-state index contributed by atoms with van der Waals surface area (Å²) < 4.78 is 13.1. The minimum absolute atomic E-state index is 0.0941. The van der Waals surface area contributed by atoms with Gasteiger partial charge in [-0.3, -0.25) is 9.59 Å². The van der Waals surface area contributed by atoms with Crippen molar-refractivity contribution in [3.8, 4) is 0 Å². The molecule has 2 rings (SSSR count). The van der Waals surface area contributed by atoms with Crippen LogP contribution in [0.3, 0.4) is 0 Å². The zero-order valence-corrected chi connectivity index (χ0v) is 15.0. The third kappa shape index (κ3) is 6.80. The number of anilines is 1. The molecule has 0 saturated carbocycles. The number of hydrogen-bond donors (Lipinski definition) is 4. The monoisotopic (exact) mass is 352 g/mol. The molecule has 4 N–H and O–H groups in total. The highest BCUT2D eigenvalue weighted by Crippen LogP contribution is 2.08. The van der Waals surface area contributed by atoms with E-state index in [1.807, 2.05) is 6.92 Å². The highest BCUT2D eigenvalue weighted by molar-refractivity contribution is 5.91. The van der Waals surface area contributed by atoms with Crippen LogP contribution < -0.4 is 20.4 Å². The van der Waals surface area contributed by atoms with Gasteiger partial charge in [-0.1, -0.05) is 13.0 Å². The van der Waals surface area contributed by atoms with Crippen molar-refractivity contribution in [3.63, 3.8) is 0 Å². The third-order valence-electron chi connectivity index (χ3n) is 4.61. The first-order valence-electron chi connectivity index (χ1n) is 8.98. The van der Waals surface area contributed by atoms with Crippen LogP contribution in [0, 0.1) is 5.82 Å². The molecule has 138 valence electrons. The Hall–Kier alpha value is -1.99. The van der Waals surface area contributed by atoms with E-state index < -0.39 is 0 Å². The minimum atomic E-state index is -0.363. The molecule has 0 aromatic heterocycles. The van der Waals surface area contributed by atoms with Crippen molar-refractivity contribution < 1.29 is 23.8 Å². The molecule has 1 aliphatic heterocycles. The van der Waals surface area contributed by atoms with Gasteiger partial charge in [0.1, 0.15) is 32.0 Å². The summed E-state index contributed by atoms with van der Waals surface area (Å²) in [6, 6.07) is 6.12. The Morgan fingerprint density at radius 3 is 2.28 bits per heavy atom. The van der Waals surface area contributed by atoms with E-state index in [0.29, 0.717) is 18.8 Å². The second-order valence-electron chi connectivity index (χ2n) is 6.79. The maximum absolute atomic E-state index is 13.1. The summed E-state index contributed by atoms with van der Waals surface area (Å²) in [6.07, 6.45) is 0.930. The summed E-state index contributed by atoms with van der Waals surface area (Å²) in [6.45, 7) is 8.36. The molecule has 0 unspecified atom stereocenters. The Morgan fingerprint density at radius 2 is 1.72 bits per heavy atom. The van der Waals surface area contributed by atoms with Gasteiger partial charge >= 0.3 is 0 Å². The molecular formula is C18H29FN4O2+2. The Bertz CT molecular complexity index is 588. The van der Waals surface area contributed by atoms with Gasteiger partial charge in [0.15, 0.2) is 13.1 Å². The van der Waals surface area contributed by atoms with Crippen LogP contribution in [0.1, 0.15) is 20.3 Å². The van der Waals surface area contributed by atoms with Crippen LogP contribution in [0.2, 0.25) is 0 Å². The maximum atomic E-state index is 13.1. The summed E-state index contributed by atoms with van der Waals surface area (Å²) >= 11 is 0. The van der Waals surface area contributed by atoms with Crippen molar-refractivity contribution >= 4 is 17.5 Å². The van der Waals surface area contributed by atoms with Gasteiger partial charge in [-0.15, -0.1) is 0 Å². The Kier molecular flexibility index (Phi) is 7.33. The molecule has 2 amide bonds. The van der Waals surface area contributed by atoms with Gasteiger partial charge in [0.25, 0.3) is 11.8 Å². The van der Waals surface area contributed by atoms with E-state index in [0.717, 1.165) is 32.6 Å². The molecule has 1 aromatic rings. The number of carbonyl (C=O) groups is 2. The average Bonchev–Trinajstić information content (AvgIpc) is 2.56. The number of rotatable bonds is 7. The molecule has 1 aromatic carbocycles. The molecule has 1 heterocycles. The zero-order valence-electron chi connectivity index (χ0n) is 15.0. The van der Waals surface area contributed by atoms with E-state index in [1.165, 1.54) is 21.9 Å². The predicted octanol–water partition coefficient (Wildman–Crippen LogP) is -1.54. The lowest BCUT2D eigenvalue weighted by molar-refractivity contribution is -1.00. The first-order valence-corrected chi connectivity index (χ1v) is 8.98. The van der Waals surface area contributed by atoms with Crippen molar-refractivity contribution in [2.45, 2.75) is 26.3 Å². The summed E-state index contributed by atoms with van der Waals surface area (Å²) in [7, 11) is 0. The van der Waals surface area contributed by atoms with E-state index in [9.17, 15) is 14.0 Å². The number of nitrogens with one attached hydrogen (secondary N) is 4. The van der Waals surface area contributed by atoms with Gasteiger partial charge in [-0.2, -0.15) is 0 Å². The van der Waals surface area contributed by atoms with Crippen LogP contribution in [0.25, 0.3) is 0 Å². The molecule has 1 aliphatic rings. The number of carbonyl (C=O) groups excluding carboxylic acids is 2. The fraction of sp³-hybridized carbons (Fsp3) is 0.556. The Morgan fingerprint density at radius 1 is 1.12 bits per heavy atom. The lowest BCUT2D eigenvalue weighted by Gasteiger charge is -2.29. The number of amides is 2. The smallest absolute Gasteiger partial charge is 0.279 e. The van der Waals surface area contributed by atoms with Gasteiger partial charge in [-0.05, 0) is 31.5 Å². The summed E-state index contributed by atoms with van der Waals surface area (Å²) in [5.74, 6) is -0.381.